The molecule has 1 heterocycles. The summed E-state index contributed by atoms with van der Waals surface area (Å²) in [6, 6.07) is 10.4. The van der Waals surface area contributed by atoms with Crippen molar-refractivity contribution in [3.05, 3.63) is 53.8 Å². The molecule has 1 aliphatic heterocycles. The summed E-state index contributed by atoms with van der Waals surface area (Å²) in [6.45, 7) is 1.58. The van der Waals surface area contributed by atoms with Crippen molar-refractivity contribution in [2.75, 3.05) is 37.4 Å². The van der Waals surface area contributed by atoms with E-state index in [1.165, 1.54) is 44.4 Å². The van der Waals surface area contributed by atoms with Crippen molar-refractivity contribution in [3.8, 4) is 0 Å². The third kappa shape index (κ3) is 4.18. The van der Waals surface area contributed by atoms with Gasteiger partial charge in [0.05, 0.1) is 16.1 Å². The largest absolute Gasteiger partial charge is 0.371 e. The minimum absolute atomic E-state index is 0.0249. The number of anilines is 2. The molecular formula is C20H24FN3O3S. The Kier molecular flexibility index (Phi) is 6.00. The molecule has 0 radical (unpaired) electrons. The summed E-state index contributed by atoms with van der Waals surface area (Å²) in [6.07, 6.45) is 3.14. The van der Waals surface area contributed by atoms with Crippen LogP contribution < -0.4 is 10.2 Å². The highest BCUT2D eigenvalue weighted by molar-refractivity contribution is 7.89. The van der Waals surface area contributed by atoms with Gasteiger partial charge in [-0.1, -0.05) is 12.1 Å². The third-order valence-corrected chi connectivity index (χ3v) is 6.62. The van der Waals surface area contributed by atoms with Crippen molar-refractivity contribution in [1.29, 1.82) is 0 Å². The number of carbonyl (C=O) groups excluding carboxylic acids is 1. The molecule has 1 saturated heterocycles. The number of rotatable bonds is 5. The Balaban J connectivity index is 2.03. The van der Waals surface area contributed by atoms with E-state index < -0.39 is 21.7 Å². The number of carbonyl (C=O) groups is 1. The minimum atomic E-state index is -3.70. The lowest BCUT2D eigenvalue weighted by Gasteiger charge is -2.30. The average Bonchev–Trinajstić information content (AvgIpc) is 2.69. The summed E-state index contributed by atoms with van der Waals surface area (Å²) in [7, 11) is -0.826. The maximum atomic E-state index is 14.0. The second-order valence-electron chi connectivity index (χ2n) is 6.95. The zero-order valence-electron chi connectivity index (χ0n) is 16.0. The van der Waals surface area contributed by atoms with E-state index in [0.717, 1.165) is 36.7 Å². The van der Waals surface area contributed by atoms with Gasteiger partial charge in [0.2, 0.25) is 10.0 Å². The molecule has 0 atom stereocenters. The van der Waals surface area contributed by atoms with E-state index in [1.807, 2.05) is 0 Å². The van der Waals surface area contributed by atoms with Crippen molar-refractivity contribution >= 4 is 27.3 Å². The summed E-state index contributed by atoms with van der Waals surface area (Å²) in [5, 5.41) is 2.56. The number of nitrogens with one attached hydrogen (secondary N) is 1. The fourth-order valence-corrected chi connectivity index (χ4v) is 4.16. The van der Waals surface area contributed by atoms with E-state index in [1.54, 1.807) is 12.1 Å². The maximum Gasteiger partial charge on any atom is 0.257 e. The number of amides is 1. The molecule has 6 nitrogen and oxygen atoms in total. The van der Waals surface area contributed by atoms with Gasteiger partial charge >= 0.3 is 0 Å². The molecule has 0 bridgehead atoms. The monoisotopic (exact) mass is 405 g/mol. The van der Waals surface area contributed by atoms with Crippen molar-refractivity contribution in [2.45, 2.75) is 24.2 Å². The Labute approximate surface area is 165 Å². The van der Waals surface area contributed by atoms with Gasteiger partial charge in [0.1, 0.15) is 5.82 Å². The van der Waals surface area contributed by atoms with Gasteiger partial charge in [-0.25, -0.2) is 17.1 Å². The standard InChI is InChI=1S/C20H24FN3O3S/c1-23(2)28(26,27)15-10-11-19(24-12-6-3-7-13-24)16(14-15)20(25)22-18-9-5-4-8-17(18)21/h4-5,8-11,14H,3,6-7,12-13H2,1-2H3,(H,22,25). The van der Waals surface area contributed by atoms with Crippen molar-refractivity contribution < 1.29 is 17.6 Å². The highest BCUT2D eigenvalue weighted by Crippen LogP contribution is 2.29. The fourth-order valence-electron chi connectivity index (χ4n) is 3.23. The zero-order chi connectivity index (χ0) is 20.3. The SMILES string of the molecule is CN(C)S(=O)(=O)c1ccc(N2CCCCC2)c(C(=O)Nc2ccccc2F)c1. The fraction of sp³-hybridized carbons (Fsp3) is 0.350. The van der Waals surface area contributed by atoms with Crippen molar-refractivity contribution in [2.24, 2.45) is 0 Å². The Morgan fingerprint density at radius 2 is 1.75 bits per heavy atom. The van der Waals surface area contributed by atoms with E-state index in [-0.39, 0.29) is 16.1 Å². The second kappa shape index (κ2) is 8.28. The van der Waals surface area contributed by atoms with Crippen molar-refractivity contribution in [1.82, 2.24) is 4.31 Å². The predicted octanol–water partition coefficient (Wildman–Crippen LogP) is 3.32. The van der Waals surface area contributed by atoms with Crippen LogP contribution in [0, 0.1) is 5.82 Å². The van der Waals surface area contributed by atoms with Gasteiger partial charge in [-0.15, -0.1) is 0 Å². The van der Waals surface area contributed by atoms with E-state index >= 15 is 0 Å². The number of nitrogens with zero attached hydrogens (tertiary/aromatic N) is 2. The Bertz CT molecular complexity index is 970. The molecule has 2 aromatic carbocycles. The van der Waals surface area contributed by atoms with Crippen LogP contribution in [0.1, 0.15) is 29.6 Å². The topological polar surface area (TPSA) is 69.7 Å². The highest BCUT2D eigenvalue weighted by atomic mass is 32.2. The molecule has 0 aromatic heterocycles. The smallest absolute Gasteiger partial charge is 0.257 e. The van der Waals surface area contributed by atoms with Gasteiger partial charge in [0.15, 0.2) is 0 Å². The van der Waals surface area contributed by atoms with E-state index in [4.69, 9.17) is 0 Å². The Hall–Kier alpha value is -2.45. The van der Waals surface area contributed by atoms with Crippen LogP contribution in [0.25, 0.3) is 0 Å². The minimum Gasteiger partial charge on any atom is -0.371 e. The van der Waals surface area contributed by atoms with Gasteiger partial charge in [-0.3, -0.25) is 4.79 Å². The first-order valence-electron chi connectivity index (χ1n) is 9.18. The van der Waals surface area contributed by atoms with Crippen LogP contribution in [0.4, 0.5) is 15.8 Å². The molecule has 1 N–H and O–H groups in total. The molecule has 1 aliphatic rings. The van der Waals surface area contributed by atoms with Gasteiger partial charge in [0, 0.05) is 32.9 Å². The molecule has 0 saturated carbocycles. The number of hydrogen-bond donors (Lipinski definition) is 1. The zero-order valence-corrected chi connectivity index (χ0v) is 16.8. The Morgan fingerprint density at radius 1 is 1.07 bits per heavy atom. The van der Waals surface area contributed by atoms with Crippen LogP contribution in [-0.2, 0) is 10.0 Å². The molecule has 150 valence electrons. The van der Waals surface area contributed by atoms with Crippen LogP contribution >= 0.6 is 0 Å². The van der Waals surface area contributed by atoms with Crippen LogP contribution in [0.15, 0.2) is 47.4 Å². The number of halogens is 1. The first-order chi connectivity index (χ1) is 13.3. The average molecular weight is 405 g/mol. The summed E-state index contributed by atoms with van der Waals surface area (Å²) in [5.74, 6) is -1.09. The highest BCUT2D eigenvalue weighted by Gasteiger charge is 2.24. The lowest BCUT2D eigenvalue weighted by atomic mass is 10.1. The van der Waals surface area contributed by atoms with Crippen LogP contribution in [0.5, 0.6) is 0 Å². The van der Waals surface area contributed by atoms with Gasteiger partial charge in [-0.2, -0.15) is 0 Å². The second-order valence-corrected chi connectivity index (χ2v) is 9.10. The number of hydrogen-bond acceptors (Lipinski definition) is 4. The molecule has 2 aromatic rings. The molecule has 0 spiro atoms. The summed E-state index contributed by atoms with van der Waals surface area (Å²) in [5.41, 5.74) is 0.928. The Morgan fingerprint density at radius 3 is 2.39 bits per heavy atom. The molecule has 3 rings (SSSR count). The first kappa shape index (κ1) is 20.3. The van der Waals surface area contributed by atoms with E-state index in [2.05, 4.69) is 10.2 Å². The molecule has 0 aliphatic carbocycles. The maximum absolute atomic E-state index is 14.0. The van der Waals surface area contributed by atoms with Gasteiger partial charge < -0.3 is 10.2 Å². The lowest BCUT2D eigenvalue weighted by Crippen LogP contribution is -2.32. The quantitative estimate of drug-likeness (QED) is 0.829. The summed E-state index contributed by atoms with van der Waals surface area (Å²) >= 11 is 0. The predicted molar refractivity (Wildman–Crippen MR) is 108 cm³/mol. The van der Waals surface area contributed by atoms with Crippen LogP contribution in [0.3, 0.4) is 0 Å². The lowest BCUT2D eigenvalue weighted by molar-refractivity contribution is 0.102. The molecule has 0 unspecified atom stereocenters. The summed E-state index contributed by atoms with van der Waals surface area (Å²) in [4.78, 5) is 15.1. The van der Waals surface area contributed by atoms with Gasteiger partial charge in [-0.05, 0) is 49.6 Å². The van der Waals surface area contributed by atoms with E-state index in [0.29, 0.717) is 5.69 Å². The normalized spacial score (nSPS) is 14.9. The number of benzene rings is 2. The van der Waals surface area contributed by atoms with Crippen LogP contribution in [0.2, 0.25) is 0 Å². The summed E-state index contributed by atoms with van der Waals surface area (Å²) < 4.78 is 40.1. The van der Waals surface area contributed by atoms with Crippen LogP contribution in [-0.4, -0.2) is 45.8 Å². The molecule has 1 amide bonds. The molecule has 8 heteroatoms. The van der Waals surface area contributed by atoms with Crippen molar-refractivity contribution in [3.63, 3.8) is 0 Å². The third-order valence-electron chi connectivity index (χ3n) is 4.81. The molecule has 28 heavy (non-hydrogen) atoms. The van der Waals surface area contributed by atoms with Gasteiger partial charge in [0.25, 0.3) is 5.91 Å². The molecule has 1 fully saturated rings. The first-order valence-corrected chi connectivity index (χ1v) is 10.6. The van der Waals surface area contributed by atoms with E-state index in [9.17, 15) is 17.6 Å². The molecular weight excluding hydrogens is 381 g/mol. The number of piperidine rings is 1. The number of sulfonamides is 1. The number of para-hydroxylation sites is 1.